The van der Waals surface area contributed by atoms with Gasteiger partial charge in [0.1, 0.15) is 5.82 Å². The highest BCUT2D eigenvalue weighted by atomic mass is 35.5. The maximum absolute atomic E-state index is 13.0. The molecule has 0 radical (unpaired) electrons. The average Bonchev–Trinajstić information content (AvgIpc) is 2.97. The Bertz CT molecular complexity index is 601. The second-order valence-electron chi connectivity index (χ2n) is 4.85. The molecule has 0 saturated heterocycles. The van der Waals surface area contributed by atoms with Crippen LogP contribution in [0.5, 0.6) is 0 Å². The Balaban J connectivity index is 1.88. The van der Waals surface area contributed by atoms with Gasteiger partial charge in [0.25, 0.3) is 0 Å². The molecule has 19 heavy (non-hydrogen) atoms. The molecule has 2 atom stereocenters. The molecular formula is C13H13ClFN3O. The van der Waals surface area contributed by atoms with Gasteiger partial charge in [0.05, 0.1) is 5.02 Å². The molecule has 0 amide bonds. The highest BCUT2D eigenvalue weighted by Gasteiger charge is 2.28. The van der Waals surface area contributed by atoms with Crippen molar-refractivity contribution in [3.63, 3.8) is 0 Å². The third kappa shape index (κ3) is 2.48. The predicted molar refractivity (Wildman–Crippen MR) is 69.3 cm³/mol. The third-order valence-corrected chi connectivity index (χ3v) is 3.75. The van der Waals surface area contributed by atoms with Gasteiger partial charge in [0.15, 0.2) is 0 Å². The highest BCUT2D eigenvalue weighted by molar-refractivity contribution is 6.33. The van der Waals surface area contributed by atoms with Gasteiger partial charge >= 0.3 is 0 Å². The van der Waals surface area contributed by atoms with Crippen molar-refractivity contribution in [1.82, 2.24) is 10.1 Å². The minimum atomic E-state index is -0.390. The topological polar surface area (TPSA) is 64.9 Å². The summed E-state index contributed by atoms with van der Waals surface area (Å²) in [4.78, 5) is 4.35. The molecule has 3 rings (SSSR count). The lowest BCUT2D eigenvalue weighted by Crippen LogP contribution is -2.14. The first-order valence-electron chi connectivity index (χ1n) is 6.18. The first-order chi connectivity index (χ1) is 9.13. The van der Waals surface area contributed by atoms with E-state index in [1.54, 1.807) is 6.07 Å². The molecule has 1 saturated carbocycles. The largest absolute Gasteiger partial charge is 0.339 e. The quantitative estimate of drug-likeness (QED) is 0.918. The van der Waals surface area contributed by atoms with E-state index in [-0.39, 0.29) is 22.8 Å². The first-order valence-corrected chi connectivity index (χ1v) is 6.56. The maximum atomic E-state index is 13.0. The molecule has 4 nitrogen and oxygen atoms in total. The minimum Gasteiger partial charge on any atom is -0.339 e. The fourth-order valence-corrected chi connectivity index (χ4v) is 2.67. The number of nitrogens with zero attached hydrogens (tertiary/aromatic N) is 2. The van der Waals surface area contributed by atoms with Crippen LogP contribution in [-0.4, -0.2) is 16.2 Å². The van der Waals surface area contributed by atoms with E-state index in [1.165, 1.54) is 12.1 Å². The van der Waals surface area contributed by atoms with Crippen molar-refractivity contribution in [2.45, 2.75) is 31.2 Å². The molecule has 1 heterocycles. The lowest BCUT2D eigenvalue weighted by atomic mass is 10.1. The lowest BCUT2D eigenvalue weighted by molar-refractivity contribution is 0.353. The van der Waals surface area contributed by atoms with E-state index in [0.29, 0.717) is 17.3 Å². The Kier molecular flexibility index (Phi) is 3.24. The van der Waals surface area contributed by atoms with Crippen LogP contribution in [0.4, 0.5) is 4.39 Å². The van der Waals surface area contributed by atoms with Crippen LogP contribution < -0.4 is 5.73 Å². The normalized spacial score (nSPS) is 22.9. The summed E-state index contributed by atoms with van der Waals surface area (Å²) in [6, 6.07) is 4.31. The summed E-state index contributed by atoms with van der Waals surface area (Å²) in [6.45, 7) is 0. The summed E-state index contributed by atoms with van der Waals surface area (Å²) in [6.07, 6.45) is 2.79. The summed E-state index contributed by atoms with van der Waals surface area (Å²) in [5.74, 6) is 0.804. The molecular weight excluding hydrogens is 269 g/mol. The first kappa shape index (κ1) is 12.6. The van der Waals surface area contributed by atoms with Gasteiger partial charge in [-0.05, 0) is 37.5 Å². The van der Waals surface area contributed by atoms with Crippen LogP contribution in [0.15, 0.2) is 22.7 Å². The number of aromatic nitrogens is 2. The van der Waals surface area contributed by atoms with Gasteiger partial charge in [-0.2, -0.15) is 4.98 Å². The summed E-state index contributed by atoms with van der Waals surface area (Å²) >= 11 is 5.97. The number of hydrogen-bond acceptors (Lipinski definition) is 4. The van der Waals surface area contributed by atoms with Crippen LogP contribution in [0, 0.1) is 5.82 Å². The highest BCUT2D eigenvalue weighted by Crippen LogP contribution is 2.34. The summed E-state index contributed by atoms with van der Waals surface area (Å²) in [7, 11) is 0. The Hall–Kier alpha value is -1.46. The van der Waals surface area contributed by atoms with Gasteiger partial charge in [0, 0.05) is 17.5 Å². The molecule has 1 aromatic heterocycles. The van der Waals surface area contributed by atoms with Crippen molar-refractivity contribution in [1.29, 1.82) is 0 Å². The van der Waals surface area contributed by atoms with E-state index in [0.717, 1.165) is 19.3 Å². The van der Waals surface area contributed by atoms with Crippen molar-refractivity contribution in [2.24, 2.45) is 5.73 Å². The standard InChI is InChI=1S/C13H13ClFN3O/c14-11-6-8(15)2-4-10(11)12-17-13(19-18-12)7-1-3-9(16)5-7/h2,4,6-7,9H,1,3,5,16H2. The maximum Gasteiger partial charge on any atom is 0.230 e. The number of halogens is 2. The molecule has 2 aromatic rings. The van der Waals surface area contributed by atoms with E-state index in [4.69, 9.17) is 21.9 Å². The molecule has 1 aliphatic carbocycles. The lowest BCUT2D eigenvalue weighted by Gasteiger charge is -2.01. The van der Waals surface area contributed by atoms with Gasteiger partial charge in [0.2, 0.25) is 11.7 Å². The van der Waals surface area contributed by atoms with E-state index >= 15 is 0 Å². The Labute approximate surface area is 114 Å². The van der Waals surface area contributed by atoms with Crippen molar-refractivity contribution < 1.29 is 8.91 Å². The summed E-state index contributed by atoms with van der Waals surface area (Å²) < 4.78 is 18.3. The van der Waals surface area contributed by atoms with E-state index in [9.17, 15) is 4.39 Å². The SMILES string of the molecule is NC1CCC(c2nc(-c3ccc(F)cc3Cl)no2)C1. The smallest absolute Gasteiger partial charge is 0.230 e. The zero-order chi connectivity index (χ0) is 13.4. The van der Waals surface area contributed by atoms with Crippen LogP contribution >= 0.6 is 11.6 Å². The Morgan fingerprint density at radius 1 is 1.37 bits per heavy atom. The number of rotatable bonds is 2. The van der Waals surface area contributed by atoms with Gasteiger partial charge in [-0.15, -0.1) is 0 Å². The minimum absolute atomic E-state index is 0.203. The van der Waals surface area contributed by atoms with Crippen molar-refractivity contribution in [3.05, 3.63) is 34.9 Å². The molecule has 1 aliphatic rings. The van der Waals surface area contributed by atoms with Crippen molar-refractivity contribution in [3.8, 4) is 11.4 Å². The van der Waals surface area contributed by atoms with Crippen LogP contribution in [0.3, 0.4) is 0 Å². The molecule has 100 valence electrons. The second-order valence-corrected chi connectivity index (χ2v) is 5.26. The monoisotopic (exact) mass is 281 g/mol. The Morgan fingerprint density at radius 2 is 2.21 bits per heavy atom. The molecule has 0 spiro atoms. The zero-order valence-corrected chi connectivity index (χ0v) is 10.9. The number of benzene rings is 1. The molecule has 1 aromatic carbocycles. The third-order valence-electron chi connectivity index (χ3n) is 3.44. The summed E-state index contributed by atoms with van der Waals surface area (Å²) in [5, 5.41) is 4.19. The van der Waals surface area contributed by atoms with Crippen LogP contribution in [-0.2, 0) is 0 Å². The molecule has 2 N–H and O–H groups in total. The predicted octanol–water partition coefficient (Wildman–Crippen LogP) is 3.12. The van der Waals surface area contributed by atoms with E-state index in [2.05, 4.69) is 10.1 Å². The van der Waals surface area contributed by atoms with Gasteiger partial charge in [-0.25, -0.2) is 4.39 Å². The average molecular weight is 282 g/mol. The van der Waals surface area contributed by atoms with Gasteiger partial charge in [-0.1, -0.05) is 16.8 Å². The van der Waals surface area contributed by atoms with Gasteiger partial charge < -0.3 is 10.3 Å². The van der Waals surface area contributed by atoms with Crippen LogP contribution in [0.1, 0.15) is 31.1 Å². The molecule has 0 aliphatic heterocycles. The Morgan fingerprint density at radius 3 is 2.89 bits per heavy atom. The van der Waals surface area contributed by atoms with Crippen LogP contribution in [0.25, 0.3) is 11.4 Å². The van der Waals surface area contributed by atoms with Crippen LogP contribution in [0.2, 0.25) is 5.02 Å². The van der Waals surface area contributed by atoms with E-state index in [1.807, 2.05) is 0 Å². The molecule has 6 heteroatoms. The number of nitrogens with two attached hydrogens (primary N) is 1. The zero-order valence-electron chi connectivity index (χ0n) is 10.1. The fourth-order valence-electron chi connectivity index (χ4n) is 2.42. The number of hydrogen-bond donors (Lipinski definition) is 1. The molecule has 0 bridgehead atoms. The summed E-state index contributed by atoms with van der Waals surface area (Å²) in [5.41, 5.74) is 6.44. The van der Waals surface area contributed by atoms with Gasteiger partial charge in [-0.3, -0.25) is 0 Å². The molecule has 2 unspecified atom stereocenters. The second kappa shape index (κ2) is 4.90. The van der Waals surface area contributed by atoms with Crippen molar-refractivity contribution >= 4 is 11.6 Å². The van der Waals surface area contributed by atoms with Crippen molar-refractivity contribution in [2.75, 3.05) is 0 Å². The molecule has 1 fully saturated rings. The fraction of sp³-hybridized carbons (Fsp3) is 0.385. The van der Waals surface area contributed by atoms with E-state index < -0.39 is 0 Å².